The molecule has 0 aromatic heterocycles. The Morgan fingerprint density at radius 3 is 1.74 bits per heavy atom. The van der Waals surface area contributed by atoms with E-state index in [2.05, 4.69) is 21.7 Å². The molecule has 2 aromatic carbocycles. The van der Waals surface area contributed by atoms with E-state index in [0.717, 1.165) is 0 Å². The lowest BCUT2D eigenvalue weighted by molar-refractivity contribution is -0.113. The highest BCUT2D eigenvalue weighted by Crippen LogP contribution is 2.53. The summed E-state index contributed by atoms with van der Waals surface area (Å²) in [6.45, 7) is 10.7. The van der Waals surface area contributed by atoms with Crippen molar-refractivity contribution in [2.45, 2.75) is 41.5 Å². The van der Waals surface area contributed by atoms with Crippen LogP contribution in [0.5, 0.6) is 11.5 Å². The van der Waals surface area contributed by atoms with Gasteiger partial charge in [0.05, 0.1) is 11.1 Å². The lowest BCUT2D eigenvalue weighted by Gasteiger charge is -2.30. The molecule has 0 heterocycles. The van der Waals surface area contributed by atoms with Crippen LogP contribution in [0.25, 0.3) is 33.4 Å². The summed E-state index contributed by atoms with van der Waals surface area (Å²) in [4.78, 5) is 26.8. The molecular weight excluding hydrogens is 629 g/mol. The van der Waals surface area contributed by atoms with Crippen molar-refractivity contribution in [2.24, 2.45) is 23.3 Å². The van der Waals surface area contributed by atoms with Gasteiger partial charge in [0.15, 0.2) is 21.7 Å². The highest BCUT2D eigenvalue weighted by molar-refractivity contribution is 7.80. The van der Waals surface area contributed by atoms with Crippen LogP contribution in [0, 0.1) is 25.7 Å². The van der Waals surface area contributed by atoms with Gasteiger partial charge in [-0.25, -0.2) is 0 Å². The number of nitrogens with two attached hydrogens (primary N) is 2. The van der Waals surface area contributed by atoms with Gasteiger partial charge in [-0.1, -0.05) is 33.8 Å². The SMILES string of the molecule is Cc1cc2c(c(O)c1-c1c(O)cc3c(c1C)C(C(C)C)=C(O)C(=O)C3=CNNC(N)=S)C(=CNNC(N)=S)C(=O)C(O)=C2C(C)C. The molecule has 2 aliphatic carbocycles. The first-order valence-corrected chi connectivity index (χ1v) is 15.1. The smallest absolute Gasteiger partial charge is 0.229 e. The monoisotopic (exact) mass is 664 g/mol. The molecule has 46 heavy (non-hydrogen) atoms. The number of rotatable bonds is 7. The first kappa shape index (κ1) is 33.8. The van der Waals surface area contributed by atoms with E-state index in [1.54, 1.807) is 19.9 Å². The van der Waals surface area contributed by atoms with Crippen molar-refractivity contribution in [3.05, 3.63) is 69.4 Å². The third kappa shape index (κ3) is 5.72. The number of aliphatic hydroxyl groups excluding tert-OH is 2. The molecule has 0 spiro atoms. The van der Waals surface area contributed by atoms with Gasteiger partial charge in [-0.15, -0.1) is 0 Å². The van der Waals surface area contributed by atoms with E-state index in [9.17, 15) is 30.0 Å². The van der Waals surface area contributed by atoms with Crippen molar-refractivity contribution in [1.29, 1.82) is 0 Å². The fraction of sp³-hybridized carbons (Fsp3) is 0.250. The summed E-state index contributed by atoms with van der Waals surface area (Å²) in [6, 6.07) is 3.12. The number of thiocarbonyl (C=S) groups is 2. The zero-order chi connectivity index (χ0) is 34.4. The van der Waals surface area contributed by atoms with Crippen molar-refractivity contribution in [2.75, 3.05) is 0 Å². The minimum Gasteiger partial charge on any atom is -0.507 e. The number of phenols is 2. The van der Waals surface area contributed by atoms with Gasteiger partial charge in [0, 0.05) is 40.2 Å². The van der Waals surface area contributed by atoms with Gasteiger partial charge in [0.2, 0.25) is 11.6 Å². The number of ketones is 2. The van der Waals surface area contributed by atoms with Crippen LogP contribution in [-0.4, -0.2) is 42.2 Å². The fourth-order valence-corrected chi connectivity index (χ4v) is 6.16. The summed E-state index contributed by atoms with van der Waals surface area (Å²) in [5.74, 6) is -3.57. The standard InChI is InChI=1S/C32H36N6O6S2/c1-11(2)20-16-7-13(5)22(28(42)25(16)18(27(41)29(20)43)10-36-38-32(34)46)24-14(6)23-15(8-19(24)39)17(9-35-37-31(33)45)26(40)30(44)21(23)12(3)4/h7-12,35-36,39,42-44H,1-6H3,(H3,33,37,45)(H3,34,38,46). The number of hydrazine groups is 2. The van der Waals surface area contributed by atoms with Crippen molar-refractivity contribution < 1.29 is 30.0 Å². The van der Waals surface area contributed by atoms with Crippen LogP contribution in [0.2, 0.25) is 0 Å². The normalized spacial score (nSPS) is 16.3. The number of benzene rings is 2. The van der Waals surface area contributed by atoms with Crippen molar-refractivity contribution in [3.8, 4) is 22.6 Å². The van der Waals surface area contributed by atoms with Crippen LogP contribution >= 0.6 is 24.4 Å². The fourth-order valence-electron chi connectivity index (χ4n) is 6.04. The Bertz CT molecular complexity index is 1860. The van der Waals surface area contributed by atoms with Gasteiger partial charge in [0.1, 0.15) is 11.5 Å². The van der Waals surface area contributed by atoms with Gasteiger partial charge in [-0.3, -0.25) is 20.4 Å². The Balaban J connectivity index is 2.10. The summed E-state index contributed by atoms with van der Waals surface area (Å²) < 4.78 is 0. The zero-order valence-corrected chi connectivity index (χ0v) is 27.7. The molecule has 4 rings (SSSR count). The summed E-state index contributed by atoms with van der Waals surface area (Å²) in [7, 11) is 0. The first-order valence-electron chi connectivity index (χ1n) is 14.2. The Kier molecular flexibility index (Phi) is 9.36. The third-order valence-electron chi connectivity index (χ3n) is 7.83. The van der Waals surface area contributed by atoms with Crippen LogP contribution in [-0.2, 0) is 9.59 Å². The maximum absolute atomic E-state index is 13.5. The van der Waals surface area contributed by atoms with E-state index in [4.69, 9.17) is 35.9 Å². The van der Waals surface area contributed by atoms with E-state index in [1.165, 1.54) is 18.5 Å². The number of Topliss-reactive ketones (excluding diaryl/α,β-unsaturated/α-hetero) is 2. The average Bonchev–Trinajstić information content (AvgIpc) is 2.94. The number of aliphatic hydroxyl groups is 2. The molecule has 0 radical (unpaired) electrons. The van der Waals surface area contributed by atoms with E-state index in [0.29, 0.717) is 39.0 Å². The highest BCUT2D eigenvalue weighted by Gasteiger charge is 2.38. The lowest BCUT2D eigenvalue weighted by Crippen LogP contribution is -2.38. The van der Waals surface area contributed by atoms with Crippen LogP contribution in [0.15, 0.2) is 36.1 Å². The lowest BCUT2D eigenvalue weighted by atomic mass is 9.74. The number of allylic oxidation sites excluding steroid dienone is 4. The summed E-state index contributed by atoms with van der Waals surface area (Å²) in [5.41, 5.74) is 24.7. The molecule has 14 heteroatoms. The second kappa shape index (κ2) is 12.7. The largest absolute Gasteiger partial charge is 0.507 e. The molecule has 2 aromatic rings. The van der Waals surface area contributed by atoms with Crippen LogP contribution in [0.4, 0.5) is 0 Å². The predicted octanol–water partition coefficient (Wildman–Crippen LogP) is 3.75. The Morgan fingerprint density at radius 1 is 0.717 bits per heavy atom. The Hall–Kier alpha value is -5.08. The number of aryl methyl sites for hydroxylation is 1. The molecule has 0 atom stereocenters. The molecule has 2 aliphatic rings. The Morgan fingerprint density at radius 2 is 1.22 bits per heavy atom. The van der Waals surface area contributed by atoms with Gasteiger partial charge in [-0.05, 0) is 84.0 Å². The summed E-state index contributed by atoms with van der Waals surface area (Å²) in [5, 5.41) is 45.5. The summed E-state index contributed by atoms with van der Waals surface area (Å²) in [6.07, 6.45) is 2.53. The molecule has 12 nitrogen and oxygen atoms in total. The second-order valence-electron chi connectivity index (χ2n) is 11.5. The number of aromatic hydroxyl groups is 2. The maximum Gasteiger partial charge on any atom is 0.229 e. The van der Waals surface area contributed by atoms with Crippen molar-refractivity contribution in [1.82, 2.24) is 21.7 Å². The number of nitrogens with one attached hydrogen (secondary N) is 4. The van der Waals surface area contributed by atoms with Gasteiger partial charge in [0.25, 0.3) is 0 Å². The second-order valence-corrected chi connectivity index (χ2v) is 12.4. The average molecular weight is 665 g/mol. The number of hydrogen-bond donors (Lipinski definition) is 10. The van der Waals surface area contributed by atoms with Crippen LogP contribution < -0.4 is 33.2 Å². The highest BCUT2D eigenvalue weighted by atomic mass is 32.1. The maximum atomic E-state index is 13.5. The molecule has 0 aliphatic heterocycles. The van der Waals surface area contributed by atoms with Gasteiger partial charge in [-0.2, -0.15) is 0 Å². The number of fused-ring (bicyclic) bond motifs is 2. The zero-order valence-electron chi connectivity index (χ0n) is 26.0. The minimum atomic E-state index is -0.744. The number of carbonyl (C=O) groups excluding carboxylic acids is 2. The van der Waals surface area contributed by atoms with Crippen LogP contribution in [0.3, 0.4) is 0 Å². The summed E-state index contributed by atoms with van der Waals surface area (Å²) >= 11 is 9.64. The molecule has 12 N–H and O–H groups in total. The van der Waals surface area contributed by atoms with Crippen molar-refractivity contribution >= 4 is 68.5 Å². The predicted molar refractivity (Wildman–Crippen MR) is 186 cm³/mol. The minimum absolute atomic E-state index is 0.0337. The van der Waals surface area contributed by atoms with Gasteiger partial charge < -0.3 is 42.7 Å². The van der Waals surface area contributed by atoms with Gasteiger partial charge >= 0.3 is 0 Å². The van der Waals surface area contributed by atoms with Crippen molar-refractivity contribution in [3.63, 3.8) is 0 Å². The molecule has 242 valence electrons. The molecule has 0 saturated carbocycles. The van der Waals surface area contributed by atoms with E-state index in [-0.39, 0.29) is 61.4 Å². The molecule has 0 saturated heterocycles. The van der Waals surface area contributed by atoms with E-state index in [1.807, 2.05) is 27.7 Å². The third-order valence-corrected chi connectivity index (χ3v) is 8.04. The Labute approximate surface area is 276 Å². The van der Waals surface area contributed by atoms with E-state index < -0.39 is 23.1 Å². The number of phenolic OH excluding ortho intramolecular Hbond substituents is 2. The topological polar surface area (TPSA) is 215 Å². The molecular formula is C32H36N6O6S2. The number of carbonyl (C=O) groups is 2. The van der Waals surface area contributed by atoms with Crippen LogP contribution in [0.1, 0.15) is 61.1 Å². The molecule has 0 amide bonds. The number of hydrogen-bond acceptors (Lipinski definition) is 10. The molecule has 0 unspecified atom stereocenters. The quantitative estimate of drug-likeness (QED) is 0.116. The molecule has 0 bridgehead atoms. The molecule has 0 fully saturated rings. The van der Waals surface area contributed by atoms with E-state index >= 15 is 0 Å². The first-order chi connectivity index (χ1) is 21.5.